The molecule has 0 radical (unpaired) electrons. The second-order valence-electron chi connectivity index (χ2n) is 15.7. The minimum absolute atomic E-state index is 0.0444. The molecular weight excluding hydrogens is 682 g/mol. The van der Waals surface area contributed by atoms with Gasteiger partial charge in [-0.3, -0.25) is 0 Å². The van der Waals surface area contributed by atoms with Crippen LogP contribution in [0, 0.1) is 16.2 Å². The number of allylic oxidation sites excluding steroid dienone is 2. The fourth-order valence-electron chi connectivity index (χ4n) is 7.60. The van der Waals surface area contributed by atoms with E-state index in [1.54, 1.807) is 6.08 Å². The maximum atomic E-state index is 11.8. The van der Waals surface area contributed by atoms with Crippen molar-refractivity contribution < 1.29 is 33.2 Å². The monoisotopic (exact) mass is 762 g/mol. The Kier molecular flexibility index (Phi) is 28.2. The molecule has 0 aromatic heterocycles. The van der Waals surface area contributed by atoms with Crippen molar-refractivity contribution in [2.24, 2.45) is 5.92 Å². The number of unbranched alkanes of at least 4 members (excludes halogenated alkanes) is 27. The lowest BCUT2D eigenvalue weighted by Crippen LogP contribution is -2.60. The van der Waals surface area contributed by atoms with Gasteiger partial charge in [0.2, 0.25) is 5.88 Å². The van der Waals surface area contributed by atoms with Crippen molar-refractivity contribution >= 4 is 5.69 Å². The number of halogens is 1. The van der Waals surface area contributed by atoms with E-state index in [4.69, 9.17) is 9.03 Å². The van der Waals surface area contributed by atoms with Crippen LogP contribution in [0.2, 0.25) is 0 Å². The van der Waals surface area contributed by atoms with E-state index in [0.29, 0.717) is 5.88 Å². The number of hydrogen-bond donors (Lipinski definition) is 0. The summed E-state index contributed by atoms with van der Waals surface area (Å²) in [7, 11) is -4.63. The largest absolute Gasteiger partial charge is 0.438 e. The molecule has 306 valence electrons. The molecule has 2 rings (SSSR count). The first-order valence-corrected chi connectivity index (χ1v) is 23.7. The van der Waals surface area contributed by atoms with Gasteiger partial charge in [0, 0.05) is 6.54 Å². The fourth-order valence-corrected chi connectivity index (χ4v) is 7.91. The van der Waals surface area contributed by atoms with Gasteiger partial charge in [0.15, 0.2) is 5.75 Å². The van der Waals surface area contributed by atoms with Gasteiger partial charge >= 0.3 is 0 Å². The highest BCUT2D eigenvalue weighted by atomic mass is 35.7. The summed E-state index contributed by atoms with van der Waals surface area (Å²) in [5.41, 5.74) is 0.959. The molecular formula is C46H80ClNO5. The molecule has 1 aromatic rings. The Hall–Kier alpha value is -1.73. The van der Waals surface area contributed by atoms with Gasteiger partial charge in [-0.05, 0) is 43.4 Å². The molecule has 1 aliphatic heterocycles. The van der Waals surface area contributed by atoms with E-state index in [2.05, 4.69) is 25.7 Å². The number of benzene rings is 1. The van der Waals surface area contributed by atoms with Crippen molar-refractivity contribution in [2.45, 2.75) is 220 Å². The van der Waals surface area contributed by atoms with Gasteiger partial charge in [-0.15, -0.1) is 0 Å². The van der Waals surface area contributed by atoms with Gasteiger partial charge in [-0.2, -0.15) is 14.0 Å². The first-order valence-electron chi connectivity index (χ1n) is 22.5. The highest BCUT2D eigenvalue weighted by molar-refractivity contribution is 5.66. The first kappa shape index (κ1) is 47.4. The van der Waals surface area contributed by atoms with E-state index >= 15 is 0 Å². The van der Waals surface area contributed by atoms with E-state index in [9.17, 15) is 14.0 Å². The molecule has 1 aromatic carbocycles. The molecule has 0 spiro atoms. The van der Waals surface area contributed by atoms with Crippen molar-refractivity contribution in [1.29, 1.82) is 0 Å². The standard InChI is InChI=1S/C46H80ClNO5/c1-4-7-9-11-13-15-17-19-20-21-23-25-27-29-31-35-39-48-44-37-33-34-38-45(44)52-46(48)41-43(53-47(49,50)51)40-42(6-3)36-32-30-28-26-24-22-18-16-14-12-10-8-5-2/h33-34,37-38,40-42H,4-32,35-36,39H2,1-3H3/b43-40+,46-41-. The van der Waals surface area contributed by atoms with Crippen LogP contribution in [0.25, 0.3) is 0 Å². The molecule has 6 nitrogen and oxygen atoms in total. The third kappa shape index (κ3) is 24.4. The van der Waals surface area contributed by atoms with E-state index in [1.807, 2.05) is 30.3 Å². The number of hydrogen-bond acceptors (Lipinski definition) is 6. The predicted octanol–water partition coefficient (Wildman–Crippen LogP) is 12.3. The third-order valence-electron chi connectivity index (χ3n) is 10.9. The zero-order valence-electron chi connectivity index (χ0n) is 34.5. The van der Waals surface area contributed by atoms with Crippen LogP contribution in [0.15, 0.2) is 48.1 Å². The summed E-state index contributed by atoms with van der Waals surface area (Å²) in [4.78, 5) is 2.10. The molecule has 0 N–H and O–H groups in total. The van der Waals surface area contributed by atoms with Crippen molar-refractivity contribution in [1.82, 2.24) is 0 Å². The van der Waals surface area contributed by atoms with Gasteiger partial charge in [0.25, 0.3) is 5.76 Å². The Morgan fingerprint density at radius 1 is 0.604 bits per heavy atom. The maximum Gasteiger partial charge on any atom is 0.289 e. The van der Waals surface area contributed by atoms with Gasteiger partial charge < -0.3 is 9.64 Å². The summed E-state index contributed by atoms with van der Waals surface area (Å²) >= 11 is 0. The Morgan fingerprint density at radius 3 is 1.45 bits per heavy atom. The second-order valence-corrected chi connectivity index (χ2v) is 16.6. The molecule has 0 saturated carbocycles. The Bertz CT molecular complexity index is 1070. The molecule has 1 heterocycles. The zero-order valence-corrected chi connectivity index (χ0v) is 35.3. The summed E-state index contributed by atoms with van der Waals surface area (Å²) < 4.78 is 46.5. The van der Waals surface area contributed by atoms with Gasteiger partial charge in [-0.1, -0.05) is 217 Å². The summed E-state index contributed by atoms with van der Waals surface area (Å²) in [6.07, 6.45) is 43.4. The Morgan fingerprint density at radius 2 is 1.02 bits per heavy atom. The van der Waals surface area contributed by atoms with Crippen molar-refractivity contribution in [3.8, 4) is 5.75 Å². The molecule has 0 fully saturated rings. The summed E-state index contributed by atoms with van der Waals surface area (Å²) in [6.45, 7) is 7.41. The van der Waals surface area contributed by atoms with E-state index in [-0.39, 0.29) is 11.7 Å². The number of rotatable bonds is 36. The topological polar surface area (TPSA) is 90.9 Å². The van der Waals surface area contributed by atoms with Gasteiger partial charge in [0.1, 0.15) is 10.2 Å². The lowest BCUT2D eigenvalue weighted by molar-refractivity contribution is -1.92. The van der Waals surface area contributed by atoms with Crippen LogP contribution < -0.4 is 23.6 Å². The molecule has 7 heteroatoms. The SMILES string of the molecule is CCCCCCCCCCCCCCCCCCN1/C(=C/C(=C\C(CC)CCCCCCCCCCCCCCC)O[Cl+3]([O-])([O-])[O-])Oc2ccccc21. The third-order valence-corrected chi connectivity index (χ3v) is 11.3. The van der Waals surface area contributed by atoms with Crippen LogP contribution in [0.4, 0.5) is 5.69 Å². The fraction of sp³-hybridized carbons (Fsp3) is 0.783. The first-order chi connectivity index (χ1) is 25.9. The number of ether oxygens (including phenoxy) is 1. The smallest absolute Gasteiger partial charge is 0.289 e. The average Bonchev–Trinajstić information content (AvgIpc) is 3.48. The Balaban J connectivity index is 1.77. The summed E-state index contributed by atoms with van der Waals surface area (Å²) in [5, 5.41) is 0. The molecule has 0 amide bonds. The Labute approximate surface area is 328 Å². The number of fused-ring (bicyclic) bond motifs is 1. The van der Waals surface area contributed by atoms with Crippen LogP contribution >= 0.6 is 0 Å². The molecule has 0 aliphatic carbocycles. The molecule has 1 unspecified atom stereocenters. The van der Waals surface area contributed by atoms with E-state index in [1.165, 1.54) is 167 Å². The van der Waals surface area contributed by atoms with Gasteiger partial charge in [-0.25, -0.2) is 0 Å². The lowest BCUT2D eigenvalue weighted by Gasteiger charge is -2.19. The quantitative estimate of drug-likeness (QED) is 0.0499. The zero-order chi connectivity index (χ0) is 38.2. The minimum atomic E-state index is -4.63. The molecule has 1 aliphatic rings. The second kappa shape index (κ2) is 31.5. The summed E-state index contributed by atoms with van der Waals surface area (Å²) in [6, 6.07) is 7.87. The lowest BCUT2D eigenvalue weighted by atomic mass is 9.96. The maximum absolute atomic E-state index is 11.8. The van der Waals surface area contributed by atoms with E-state index < -0.39 is 10.2 Å². The van der Waals surface area contributed by atoms with Crippen molar-refractivity contribution in [3.63, 3.8) is 0 Å². The summed E-state index contributed by atoms with van der Waals surface area (Å²) in [5.74, 6) is 1.40. The number of anilines is 1. The van der Waals surface area contributed by atoms with Crippen LogP contribution in [0.5, 0.6) is 5.75 Å². The highest BCUT2D eigenvalue weighted by Crippen LogP contribution is 2.39. The number of para-hydroxylation sites is 2. The minimum Gasteiger partial charge on any atom is -0.438 e. The van der Waals surface area contributed by atoms with Crippen LogP contribution in [0.1, 0.15) is 220 Å². The average molecular weight is 763 g/mol. The van der Waals surface area contributed by atoms with Crippen LogP contribution in [-0.4, -0.2) is 6.54 Å². The normalized spacial score (nSPS) is 14.6. The van der Waals surface area contributed by atoms with Crippen LogP contribution in [0.3, 0.4) is 0 Å². The van der Waals surface area contributed by atoms with Crippen LogP contribution in [-0.2, 0) is 4.29 Å². The van der Waals surface area contributed by atoms with E-state index in [0.717, 1.165) is 50.1 Å². The van der Waals surface area contributed by atoms with Gasteiger partial charge in [0.05, 0.1) is 11.8 Å². The highest BCUT2D eigenvalue weighted by Gasteiger charge is 2.29. The molecule has 53 heavy (non-hydrogen) atoms. The van der Waals surface area contributed by atoms with Crippen molar-refractivity contribution in [3.05, 3.63) is 48.1 Å². The number of nitrogens with zero attached hydrogens (tertiary/aromatic N) is 1. The van der Waals surface area contributed by atoms with Crippen molar-refractivity contribution in [2.75, 3.05) is 11.4 Å². The molecule has 0 saturated heterocycles. The molecule has 1 atom stereocenters. The molecule has 0 bridgehead atoms. The predicted molar refractivity (Wildman–Crippen MR) is 215 cm³/mol.